The van der Waals surface area contributed by atoms with Gasteiger partial charge in [0, 0.05) is 23.9 Å². The van der Waals surface area contributed by atoms with Gasteiger partial charge in [-0.1, -0.05) is 23.8 Å². The van der Waals surface area contributed by atoms with Crippen LogP contribution in [0.4, 0.5) is 11.4 Å². The molecule has 0 radical (unpaired) electrons. The first-order valence-corrected chi connectivity index (χ1v) is 6.89. The molecule has 0 aromatic heterocycles. The predicted octanol–water partition coefficient (Wildman–Crippen LogP) is 3.83. The zero-order valence-electron chi connectivity index (χ0n) is 12.5. The van der Waals surface area contributed by atoms with Gasteiger partial charge in [-0.25, -0.2) is 0 Å². The van der Waals surface area contributed by atoms with E-state index in [0.717, 1.165) is 22.5 Å². The molecule has 4 heteroatoms. The van der Waals surface area contributed by atoms with E-state index in [1.54, 1.807) is 6.07 Å². The number of aryl methyl sites for hydroxylation is 1. The first-order valence-electron chi connectivity index (χ1n) is 6.89. The van der Waals surface area contributed by atoms with Crippen molar-refractivity contribution < 1.29 is 9.90 Å². The van der Waals surface area contributed by atoms with Crippen LogP contribution >= 0.6 is 0 Å². The smallest absolute Gasteiger partial charge is 0.221 e. The van der Waals surface area contributed by atoms with E-state index in [1.807, 2.05) is 50.2 Å². The molecule has 2 aromatic rings. The summed E-state index contributed by atoms with van der Waals surface area (Å²) < 4.78 is 0. The Morgan fingerprint density at radius 3 is 2.57 bits per heavy atom. The summed E-state index contributed by atoms with van der Waals surface area (Å²) in [5, 5.41) is 16.0. The fraction of sp³-hybridized carbons (Fsp3) is 0.235. The van der Waals surface area contributed by atoms with Gasteiger partial charge in [-0.2, -0.15) is 0 Å². The first kappa shape index (κ1) is 14.9. The van der Waals surface area contributed by atoms with Crippen molar-refractivity contribution in [1.82, 2.24) is 0 Å². The van der Waals surface area contributed by atoms with Gasteiger partial charge in [-0.15, -0.1) is 0 Å². The lowest BCUT2D eigenvalue weighted by molar-refractivity contribution is -0.114. The third kappa shape index (κ3) is 3.99. The molecule has 110 valence electrons. The van der Waals surface area contributed by atoms with E-state index in [0.29, 0.717) is 0 Å². The summed E-state index contributed by atoms with van der Waals surface area (Å²) in [7, 11) is 0. The average Bonchev–Trinajstić information content (AvgIpc) is 2.41. The van der Waals surface area contributed by atoms with Gasteiger partial charge in [0.15, 0.2) is 0 Å². The van der Waals surface area contributed by atoms with Crippen LogP contribution in [0.2, 0.25) is 0 Å². The second-order valence-electron chi connectivity index (χ2n) is 5.19. The molecule has 2 rings (SSSR count). The number of nitrogens with one attached hydrogen (secondary N) is 2. The molecule has 0 saturated carbocycles. The number of rotatable bonds is 4. The quantitative estimate of drug-likeness (QED) is 0.799. The minimum atomic E-state index is -0.100. The van der Waals surface area contributed by atoms with Gasteiger partial charge in [0.05, 0.1) is 6.04 Å². The van der Waals surface area contributed by atoms with Crippen molar-refractivity contribution in [2.75, 3.05) is 10.6 Å². The number of benzene rings is 2. The van der Waals surface area contributed by atoms with E-state index in [-0.39, 0.29) is 17.7 Å². The molecule has 0 bridgehead atoms. The van der Waals surface area contributed by atoms with E-state index in [1.165, 1.54) is 6.92 Å². The monoisotopic (exact) mass is 284 g/mol. The Morgan fingerprint density at radius 1 is 1.14 bits per heavy atom. The van der Waals surface area contributed by atoms with Crippen molar-refractivity contribution in [1.29, 1.82) is 0 Å². The zero-order valence-corrected chi connectivity index (χ0v) is 12.5. The molecule has 1 atom stereocenters. The highest BCUT2D eigenvalue weighted by Gasteiger charge is 2.10. The minimum Gasteiger partial charge on any atom is -0.508 e. The van der Waals surface area contributed by atoms with E-state index < -0.39 is 0 Å². The van der Waals surface area contributed by atoms with Crippen LogP contribution in [0.5, 0.6) is 5.75 Å². The summed E-state index contributed by atoms with van der Waals surface area (Å²) in [6.07, 6.45) is 0. The lowest BCUT2D eigenvalue weighted by Crippen LogP contribution is -2.09. The van der Waals surface area contributed by atoms with Crippen LogP contribution in [0.3, 0.4) is 0 Å². The number of phenolic OH excluding ortho intramolecular Hbond substituents is 1. The zero-order chi connectivity index (χ0) is 15.4. The third-order valence-corrected chi connectivity index (χ3v) is 3.22. The summed E-state index contributed by atoms with van der Waals surface area (Å²) in [5.41, 5.74) is 3.58. The standard InChI is InChI=1S/C17H20N2O2/c1-11-7-8-17(21)16(9-11)12(2)18-14-5-4-6-15(10-14)19-13(3)20/h4-10,12,18,21H,1-3H3,(H,19,20). The Labute approximate surface area is 124 Å². The molecule has 0 fully saturated rings. The van der Waals surface area contributed by atoms with Gasteiger partial charge in [-0.05, 0) is 38.1 Å². The molecule has 3 N–H and O–H groups in total. The average molecular weight is 284 g/mol. The van der Waals surface area contributed by atoms with Crippen LogP contribution in [0.1, 0.15) is 31.0 Å². The predicted molar refractivity (Wildman–Crippen MR) is 85.6 cm³/mol. The maximum absolute atomic E-state index is 11.1. The molecular weight excluding hydrogens is 264 g/mol. The molecule has 1 amide bonds. The molecule has 0 heterocycles. The van der Waals surface area contributed by atoms with Crippen molar-refractivity contribution in [3.8, 4) is 5.75 Å². The number of phenols is 1. The Hall–Kier alpha value is -2.49. The largest absolute Gasteiger partial charge is 0.508 e. The van der Waals surface area contributed by atoms with Gasteiger partial charge in [0.25, 0.3) is 0 Å². The van der Waals surface area contributed by atoms with Crippen molar-refractivity contribution in [2.24, 2.45) is 0 Å². The van der Waals surface area contributed by atoms with Crippen LogP contribution in [-0.4, -0.2) is 11.0 Å². The number of carbonyl (C=O) groups excluding carboxylic acids is 1. The van der Waals surface area contributed by atoms with Crippen molar-refractivity contribution >= 4 is 17.3 Å². The summed E-state index contributed by atoms with van der Waals surface area (Å²) in [4.78, 5) is 11.1. The van der Waals surface area contributed by atoms with Crippen LogP contribution < -0.4 is 10.6 Å². The molecular formula is C17H20N2O2. The molecule has 1 unspecified atom stereocenters. The topological polar surface area (TPSA) is 61.4 Å². The fourth-order valence-electron chi connectivity index (χ4n) is 2.24. The molecule has 0 aliphatic rings. The normalized spacial score (nSPS) is 11.8. The van der Waals surface area contributed by atoms with Gasteiger partial charge in [-0.3, -0.25) is 4.79 Å². The highest BCUT2D eigenvalue weighted by Crippen LogP contribution is 2.28. The van der Waals surface area contributed by atoms with Gasteiger partial charge in [0.2, 0.25) is 5.91 Å². The summed E-state index contributed by atoms with van der Waals surface area (Å²) in [5.74, 6) is 0.176. The summed E-state index contributed by atoms with van der Waals surface area (Å²) in [6, 6.07) is 13.0. The van der Waals surface area contributed by atoms with Gasteiger partial charge >= 0.3 is 0 Å². The number of amides is 1. The van der Waals surface area contributed by atoms with Crippen LogP contribution in [0, 0.1) is 6.92 Å². The number of hydrogen-bond donors (Lipinski definition) is 3. The van der Waals surface area contributed by atoms with Crippen LogP contribution in [0.25, 0.3) is 0 Å². The van der Waals surface area contributed by atoms with E-state index in [2.05, 4.69) is 10.6 Å². The second kappa shape index (κ2) is 6.31. The Balaban J connectivity index is 2.17. The molecule has 21 heavy (non-hydrogen) atoms. The molecule has 0 saturated heterocycles. The van der Waals surface area contributed by atoms with E-state index in [9.17, 15) is 9.90 Å². The number of carbonyl (C=O) groups is 1. The fourth-order valence-corrected chi connectivity index (χ4v) is 2.24. The van der Waals surface area contributed by atoms with Crippen LogP contribution in [-0.2, 0) is 4.79 Å². The SMILES string of the molecule is CC(=O)Nc1cccc(NC(C)c2cc(C)ccc2O)c1. The van der Waals surface area contributed by atoms with Gasteiger partial charge in [0.1, 0.15) is 5.75 Å². The maximum atomic E-state index is 11.1. The Kier molecular flexibility index (Phi) is 4.48. The highest BCUT2D eigenvalue weighted by atomic mass is 16.3. The minimum absolute atomic E-state index is 0.0440. The van der Waals surface area contributed by atoms with Crippen LogP contribution in [0.15, 0.2) is 42.5 Å². The third-order valence-electron chi connectivity index (χ3n) is 3.22. The number of anilines is 2. The Bertz CT molecular complexity index is 653. The lowest BCUT2D eigenvalue weighted by atomic mass is 10.0. The lowest BCUT2D eigenvalue weighted by Gasteiger charge is -2.18. The first-order chi connectivity index (χ1) is 9.95. The highest BCUT2D eigenvalue weighted by molar-refractivity contribution is 5.89. The molecule has 2 aromatic carbocycles. The maximum Gasteiger partial charge on any atom is 0.221 e. The molecule has 4 nitrogen and oxygen atoms in total. The van der Waals surface area contributed by atoms with Gasteiger partial charge < -0.3 is 15.7 Å². The number of aromatic hydroxyl groups is 1. The second-order valence-corrected chi connectivity index (χ2v) is 5.19. The molecule has 0 aliphatic carbocycles. The van der Waals surface area contributed by atoms with Crippen molar-refractivity contribution in [3.63, 3.8) is 0 Å². The van der Waals surface area contributed by atoms with E-state index >= 15 is 0 Å². The Morgan fingerprint density at radius 2 is 1.86 bits per heavy atom. The summed E-state index contributed by atoms with van der Waals surface area (Å²) >= 11 is 0. The van der Waals surface area contributed by atoms with Crippen molar-refractivity contribution in [2.45, 2.75) is 26.8 Å². The van der Waals surface area contributed by atoms with Crippen molar-refractivity contribution in [3.05, 3.63) is 53.6 Å². The summed E-state index contributed by atoms with van der Waals surface area (Å²) in [6.45, 7) is 5.46. The van der Waals surface area contributed by atoms with E-state index in [4.69, 9.17) is 0 Å². The molecule has 0 spiro atoms. The molecule has 0 aliphatic heterocycles. The number of hydrogen-bond acceptors (Lipinski definition) is 3.